The number of alkyl halides is 1. The highest BCUT2D eigenvalue weighted by Gasteiger charge is 2.76. The number of carbonyl (C=O) groups excluding carboxylic acids is 3. The summed E-state index contributed by atoms with van der Waals surface area (Å²) in [7, 11) is 0. The molecule has 3 amide bonds. The van der Waals surface area contributed by atoms with Crippen LogP contribution < -0.4 is 15.4 Å². The molecule has 232 valence electrons. The molecule has 10 heteroatoms. The number of fused-ring (bicyclic) bond motifs is 2. The quantitative estimate of drug-likeness (QED) is 0.238. The molecule has 3 N–H and O–H groups in total. The highest BCUT2D eigenvalue weighted by atomic mass is 79.9. The first-order chi connectivity index (χ1) is 21.2. The van der Waals surface area contributed by atoms with Gasteiger partial charge < -0.3 is 25.4 Å². The number of amides is 3. The Kier molecular flexibility index (Phi) is 8.69. The molecule has 3 aliphatic heterocycles. The summed E-state index contributed by atoms with van der Waals surface area (Å²) in [5, 5.41) is 18.6. The topological polar surface area (TPSA) is 108 Å². The van der Waals surface area contributed by atoms with E-state index in [9.17, 15) is 19.5 Å². The minimum absolute atomic E-state index is 0.0479. The molecule has 2 bridgehead atoms. The summed E-state index contributed by atoms with van der Waals surface area (Å²) in [4.78, 5) is 44.5. The molecular weight excluding hydrogens is 642 g/mol. The molecule has 3 aliphatic rings. The van der Waals surface area contributed by atoms with E-state index in [1.54, 1.807) is 40.9 Å². The first-order valence-corrected chi connectivity index (χ1v) is 17.1. The van der Waals surface area contributed by atoms with Crippen LogP contribution in [0.5, 0.6) is 5.75 Å². The van der Waals surface area contributed by atoms with E-state index < -0.39 is 28.7 Å². The minimum atomic E-state index is -0.851. The summed E-state index contributed by atoms with van der Waals surface area (Å²) >= 11 is 5.41. The van der Waals surface area contributed by atoms with E-state index in [0.29, 0.717) is 30.2 Å². The molecular formula is C34H38BrN3O5S. The summed E-state index contributed by atoms with van der Waals surface area (Å²) in [6.07, 6.45) is 1.29. The maximum Gasteiger partial charge on any atom is 0.248 e. The van der Waals surface area contributed by atoms with Gasteiger partial charge in [0.1, 0.15) is 11.8 Å². The van der Waals surface area contributed by atoms with E-state index in [1.807, 2.05) is 63.2 Å². The number of carbonyl (C=O) groups is 3. The molecule has 3 aromatic rings. The number of aliphatic hydroxyl groups is 1. The van der Waals surface area contributed by atoms with Gasteiger partial charge in [-0.05, 0) is 66.4 Å². The zero-order valence-electron chi connectivity index (χ0n) is 25.0. The Morgan fingerprint density at radius 2 is 1.73 bits per heavy atom. The highest BCUT2D eigenvalue weighted by molar-refractivity contribution is 9.09. The third-order valence-corrected chi connectivity index (χ3v) is 12.8. The van der Waals surface area contributed by atoms with Crippen molar-refractivity contribution in [1.82, 2.24) is 4.90 Å². The lowest BCUT2D eigenvalue weighted by molar-refractivity contribution is -0.142. The van der Waals surface area contributed by atoms with Gasteiger partial charge in [-0.2, -0.15) is 0 Å². The molecule has 0 saturated carbocycles. The molecule has 3 aromatic carbocycles. The van der Waals surface area contributed by atoms with Crippen molar-refractivity contribution < 1.29 is 24.2 Å². The summed E-state index contributed by atoms with van der Waals surface area (Å²) < 4.78 is 4.71. The van der Waals surface area contributed by atoms with Gasteiger partial charge in [-0.1, -0.05) is 66.5 Å². The Morgan fingerprint density at radius 3 is 2.41 bits per heavy atom. The summed E-state index contributed by atoms with van der Waals surface area (Å²) in [5.41, 5.74) is 1.26. The Bertz CT molecular complexity index is 1570. The molecule has 1 spiro atoms. The van der Waals surface area contributed by atoms with Gasteiger partial charge in [0.2, 0.25) is 17.7 Å². The van der Waals surface area contributed by atoms with E-state index in [0.717, 1.165) is 17.2 Å². The number of likely N-dealkylation sites (tertiary alicyclic amines) is 1. The van der Waals surface area contributed by atoms with Gasteiger partial charge in [-0.25, -0.2) is 0 Å². The maximum absolute atomic E-state index is 14.5. The zero-order valence-corrected chi connectivity index (χ0v) is 27.4. The summed E-state index contributed by atoms with van der Waals surface area (Å²) in [5.74, 6) is -1.44. The second-order valence-electron chi connectivity index (χ2n) is 12.0. The highest BCUT2D eigenvalue weighted by Crippen LogP contribution is 2.68. The second kappa shape index (κ2) is 12.4. The van der Waals surface area contributed by atoms with Crippen molar-refractivity contribution in [2.24, 2.45) is 17.8 Å². The van der Waals surface area contributed by atoms with Gasteiger partial charge in [0.15, 0.2) is 0 Å². The van der Waals surface area contributed by atoms with Crippen LogP contribution in [0.2, 0.25) is 0 Å². The van der Waals surface area contributed by atoms with E-state index >= 15 is 0 Å². The van der Waals surface area contributed by atoms with Gasteiger partial charge in [0.25, 0.3) is 0 Å². The Labute approximate surface area is 270 Å². The van der Waals surface area contributed by atoms with Crippen LogP contribution in [0.25, 0.3) is 10.8 Å². The van der Waals surface area contributed by atoms with E-state index in [1.165, 1.54) is 0 Å². The third-order valence-electron chi connectivity index (χ3n) is 9.57. The van der Waals surface area contributed by atoms with Crippen LogP contribution in [0, 0.1) is 17.8 Å². The number of nitrogens with zero attached hydrogens (tertiary/aromatic N) is 1. The minimum Gasteiger partial charge on any atom is -0.494 e. The lowest BCUT2D eigenvalue weighted by Crippen LogP contribution is -2.56. The van der Waals surface area contributed by atoms with Gasteiger partial charge in [-0.3, -0.25) is 14.4 Å². The molecule has 44 heavy (non-hydrogen) atoms. The first-order valence-electron chi connectivity index (χ1n) is 15.3. The monoisotopic (exact) mass is 679 g/mol. The van der Waals surface area contributed by atoms with Crippen LogP contribution in [0.15, 0.2) is 66.7 Å². The van der Waals surface area contributed by atoms with Crippen LogP contribution >= 0.6 is 27.7 Å². The second-order valence-corrected chi connectivity index (χ2v) is 14.8. The number of benzene rings is 3. The van der Waals surface area contributed by atoms with E-state index in [2.05, 4.69) is 26.6 Å². The van der Waals surface area contributed by atoms with Crippen molar-refractivity contribution in [1.29, 1.82) is 0 Å². The zero-order chi connectivity index (χ0) is 31.2. The number of hydrogen-bond acceptors (Lipinski definition) is 6. The Balaban J connectivity index is 1.35. The third kappa shape index (κ3) is 5.18. The van der Waals surface area contributed by atoms with Crippen molar-refractivity contribution >= 4 is 67.6 Å². The molecule has 0 aromatic heterocycles. The number of anilines is 2. The predicted octanol–water partition coefficient (Wildman–Crippen LogP) is 5.69. The smallest absolute Gasteiger partial charge is 0.248 e. The largest absolute Gasteiger partial charge is 0.494 e. The fraction of sp³-hybridized carbons (Fsp3) is 0.441. The maximum atomic E-state index is 14.5. The average Bonchev–Trinajstić information content (AvgIpc) is 3.62. The van der Waals surface area contributed by atoms with Crippen LogP contribution in [0.1, 0.15) is 33.6 Å². The van der Waals surface area contributed by atoms with Crippen molar-refractivity contribution in [2.75, 3.05) is 23.8 Å². The molecule has 3 heterocycles. The number of rotatable bonds is 10. The van der Waals surface area contributed by atoms with E-state index in [4.69, 9.17) is 4.74 Å². The van der Waals surface area contributed by atoms with Gasteiger partial charge in [0.05, 0.1) is 35.8 Å². The number of hydrogen-bond donors (Lipinski definition) is 3. The van der Waals surface area contributed by atoms with Crippen LogP contribution in [-0.2, 0) is 14.4 Å². The molecule has 3 unspecified atom stereocenters. The Hall–Kier alpha value is -3.08. The Morgan fingerprint density at radius 1 is 1.05 bits per heavy atom. The van der Waals surface area contributed by atoms with Crippen molar-refractivity contribution in [3.05, 3.63) is 66.7 Å². The standard InChI is InChI=1S/C34H38BrN3O5S/c1-4-19(3)26(18-39)38-30(32(41)37-23-11-10-20-8-6-7-9-21(20)16-23)34-17-25(35)29(44-34)27(28(34)33(38)42)31(40)36-22-12-14-24(15-13-22)43-5-2/h6-16,19,25-30,39H,4-5,17-18H2,1-3H3,(H,36,40)(H,37,41)/t19-,25?,26-,27+,28-,29+,30?,34?/m0/s1. The number of aliphatic hydroxyl groups excluding tert-OH is 1. The number of halogens is 1. The average molecular weight is 681 g/mol. The van der Waals surface area contributed by atoms with Gasteiger partial charge in [-0.15, -0.1) is 11.8 Å². The van der Waals surface area contributed by atoms with Crippen LogP contribution in [0.4, 0.5) is 11.4 Å². The summed E-state index contributed by atoms with van der Waals surface area (Å²) in [6, 6.07) is 19.5. The van der Waals surface area contributed by atoms with Crippen molar-refractivity contribution in [2.45, 2.75) is 60.5 Å². The van der Waals surface area contributed by atoms with Crippen molar-refractivity contribution in [3.63, 3.8) is 0 Å². The van der Waals surface area contributed by atoms with Crippen LogP contribution in [-0.4, -0.2) is 67.8 Å². The molecule has 0 aliphatic carbocycles. The first kappa shape index (κ1) is 30.9. The SMILES string of the molecule is CCOc1ccc(NC(=O)[C@H]2[C@@H]3SC4(CC3Br)C(C(=O)Nc3ccc5ccccc5c3)N([C@@H](CO)[C@@H](C)CC)C(=O)[C@H]24)cc1. The summed E-state index contributed by atoms with van der Waals surface area (Å²) in [6.45, 7) is 6.20. The lowest BCUT2D eigenvalue weighted by atomic mass is 9.70. The van der Waals surface area contributed by atoms with Gasteiger partial charge in [0, 0.05) is 21.5 Å². The molecule has 3 saturated heterocycles. The molecule has 8 atom stereocenters. The normalized spacial score (nSPS) is 28.5. The fourth-order valence-electron chi connectivity index (χ4n) is 7.34. The molecule has 3 fully saturated rings. The fourth-order valence-corrected chi connectivity index (χ4v) is 10.9. The number of thioether (sulfide) groups is 1. The van der Waals surface area contributed by atoms with E-state index in [-0.39, 0.29) is 40.3 Å². The van der Waals surface area contributed by atoms with Gasteiger partial charge >= 0.3 is 0 Å². The molecule has 0 radical (unpaired) electrons. The predicted molar refractivity (Wildman–Crippen MR) is 178 cm³/mol. The number of nitrogens with one attached hydrogen (secondary N) is 2. The molecule has 6 rings (SSSR count). The number of ether oxygens (including phenoxy) is 1. The lowest BCUT2D eigenvalue weighted by Gasteiger charge is -2.39. The van der Waals surface area contributed by atoms with Crippen molar-refractivity contribution in [3.8, 4) is 5.75 Å². The van der Waals surface area contributed by atoms with Crippen LogP contribution in [0.3, 0.4) is 0 Å². The molecule has 8 nitrogen and oxygen atoms in total.